The lowest BCUT2D eigenvalue weighted by molar-refractivity contribution is 0.0929. The summed E-state index contributed by atoms with van der Waals surface area (Å²) in [5.41, 5.74) is 8.15. The number of carbonyl (C=O) groups excluding carboxylic acids is 1. The zero-order valence-electron chi connectivity index (χ0n) is 14.5. The first-order chi connectivity index (χ1) is 12.2. The summed E-state index contributed by atoms with van der Waals surface area (Å²) in [6, 6.07) is 15.3. The van der Waals surface area contributed by atoms with Gasteiger partial charge < -0.3 is 21.1 Å². The molecule has 3 rings (SSSR count). The van der Waals surface area contributed by atoms with E-state index in [-0.39, 0.29) is 11.9 Å². The second-order valence-corrected chi connectivity index (χ2v) is 6.41. The van der Waals surface area contributed by atoms with Gasteiger partial charge in [0.25, 0.3) is 5.91 Å². The lowest BCUT2D eigenvalue weighted by Crippen LogP contribution is -2.40. The lowest BCUT2D eigenvalue weighted by atomic mass is 10.0. The third-order valence-corrected chi connectivity index (χ3v) is 4.82. The van der Waals surface area contributed by atoms with Gasteiger partial charge in [0.2, 0.25) is 0 Å². The normalized spacial score (nSPS) is 19.4. The van der Waals surface area contributed by atoms with Crippen molar-refractivity contribution in [2.75, 3.05) is 19.0 Å². The molecule has 2 aromatic carbocycles. The first-order valence-corrected chi connectivity index (χ1v) is 8.72. The van der Waals surface area contributed by atoms with Crippen LogP contribution in [0.25, 0.3) is 0 Å². The van der Waals surface area contributed by atoms with Crippen LogP contribution in [0.2, 0.25) is 0 Å². The van der Waals surface area contributed by atoms with Gasteiger partial charge in [0.1, 0.15) is 5.75 Å². The summed E-state index contributed by atoms with van der Waals surface area (Å²) in [5.74, 6) is 1.12. The Labute approximate surface area is 148 Å². The van der Waals surface area contributed by atoms with Crippen molar-refractivity contribution in [2.24, 2.45) is 11.7 Å². The second kappa shape index (κ2) is 8.03. The van der Waals surface area contributed by atoms with Crippen LogP contribution in [0.4, 0.5) is 11.4 Å². The molecule has 0 spiro atoms. The first kappa shape index (κ1) is 17.3. The molecule has 132 valence electrons. The average molecular weight is 339 g/mol. The van der Waals surface area contributed by atoms with Crippen LogP contribution in [0.5, 0.6) is 5.75 Å². The molecule has 2 aromatic rings. The van der Waals surface area contributed by atoms with Gasteiger partial charge in [-0.25, -0.2) is 0 Å². The summed E-state index contributed by atoms with van der Waals surface area (Å²) >= 11 is 0. The van der Waals surface area contributed by atoms with Gasteiger partial charge in [-0.1, -0.05) is 18.6 Å². The summed E-state index contributed by atoms with van der Waals surface area (Å²) in [6.07, 6.45) is 3.22. The van der Waals surface area contributed by atoms with Gasteiger partial charge in [-0.05, 0) is 61.7 Å². The Morgan fingerprint density at radius 3 is 2.64 bits per heavy atom. The van der Waals surface area contributed by atoms with E-state index in [9.17, 15) is 4.79 Å². The topological polar surface area (TPSA) is 76.4 Å². The standard InChI is InChI=1S/C20H25N3O2/c1-25-16-11-9-15(10-12-16)22-19-7-3-2-6-17(19)20(24)23-18-8-4-5-14(18)13-21/h2-3,6-7,9-12,14,18,22H,4-5,8,13,21H2,1H3,(H,23,24). The van der Waals surface area contributed by atoms with Crippen molar-refractivity contribution in [1.29, 1.82) is 0 Å². The molecule has 0 radical (unpaired) electrons. The summed E-state index contributed by atoms with van der Waals surface area (Å²) in [5, 5.41) is 6.48. The van der Waals surface area contributed by atoms with E-state index in [0.29, 0.717) is 18.0 Å². The fourth-order valence-corrected chi connectivity index (χ4v) is 3.38. The molecule has 0 aliphatic heterocycles. The molecule has 1 amide bonds. The fourth-order valence-electron chi connectivity index (χ4n) is 3.38. The minimum atomic E-state index is -0.0537. The number of benzene rings is 2. The fraction of sp³-hybridized carbons (Fsp3) is 0.350. The third-order valence-electron chi connectivity index (χ3n) is 4.82. The van der Waals surface area contributed by atoms with E-state index in [2.05, 4.69) is 10.6 Å². The molecule has 2 unspecified atom stereocenters. The molecular formula is C20H25N3O2. The van der Waals surface area contributed by atoms with Gasteiger partial charge in [-0.3, -0.25) is 4.79 Å². The molecule has 5 heteroatoms. The monoisotopic (exact) mass is 339 g/mol. The van der Waals surface area contributed by atoms with Crippen LogP contribution in [-0.2, 0) is 0 Å². The maximum atomic E-state index is 12.8. The molecule has 1 aliphatic carbocycles. The quantitative estimate of drug-likeness (QED) is 0.755. The summed E-state index contributed by atoms with van der Waals surface area (Å²) in [6.45, 7) is 0.622. The van der Waals surface area contributed by atoms with Gasteiger partial charge in [-0.2, -0.15) is 0 Å². The van der Waals surface area contributed by atoms with Gasteiger partial charge in [0.15, 0.2) is 0 Å². The Hall–Kier alpha value is -2.53. The predicted octanol–water partition coefficient (Wildman–Crippen LogP) is 3.30. The molecule has 25 heavy (non-hydrogen) atoms. The Kier molecular flexibility index (Phi) is 5.56. The largest absolute Gasteiger partial charge is 0.497 e. The van der Waals surface area contributed by atoms with Crippen LogP contribution >= 0.6 is 0 Å². The van der Waals surface area contributed by atoms with Gasteiger partial charge in [-0.15, -0.1) is 0 Å². The Balaban J connectivity index is 1.74. The van der Waals surface area contributed by atoms with E-state index in [1.807, 2.05) is 48.5 Å². The Bertz CT molecular complexity index is 715. The molecule has 1 saturated carbocycles. The van der Waals surface area contributed by atoms with E-state index in [1.54, 1.807) is 7.11 Å². The van der Waals surface area contributed by atoms with Crippen LogP contribution in [0.3, 0.4) is 0 Å². The van der Waals surface area contributed by atoms with Crippen molar-refractivity contribution in [3.05, 3.63) is 54.1 Å². The highest BCUT2D eigenvalue weighted by atomic mass is 16.5. The smallest absolute Gasteiger partial charge is 0.253 e. The molecule has 0 bridgehead atoms. The molecule has 0 aromatic heterocycles. The number of hydrogen-bond donors (Lipinski definition) is 3. The summed E-state index contributed by atoms with van der Waals surface area (Å²) in [7, 11) is 1.64. The zero-order chi connectivity index (χ0) is 17.6. The SMILES string of the molecule is COc1ccc(Nc2ccccc2C(=O)NC2CCCC2CN)cc1. The van der Waals surface area contributed by atoms with Gasteiger partial charge in [0.05, 0.1) is 18.4 Å². The highest BCUT2D eigenvalue weighted by Crippen LogP contribution is 2.26. The number of nitrogens with one attached hydrogen (secondary N) is 2. The molecule has 0 saturated heterocycles. The number of hydrogen-bond acceptors (Lipinski definition) is 4. The van der Waals surface area contributed by atoms with Gasteiger partial charge >= 0.3 is 0 Å². The molecule has 1 aliphatic rings. The molecule has 1 fully saturated rings. The number of para-hydroxylation sites is 1. The van der Waals surface area contributed by atoms with Crippen LogP contribution < -0.4 is 21.1 Å². The highest BCUT2D eigenvalue weighted by molar-refractivity contribution is 6.00. The molecule has 2 atom stereocenters. The molecular weight excluding hydrogens is 314 g/mol. The van der Waals surface area contributed by atoms with Crippen molar-refractivity contribution in [1.82, 2.24) is 5.32 Å². The maximum Gasteiger partial charge on any atom is 0.253 e. The van der Waals surface area contributed by atoms with E-state index < -0.39 is 0 Å². The number of ether oxygens (including phenoxy) is 1. The Morgan fingerprint density at radius 2 is 1.92 bits per heavy atom. The van der Waals surface area contributed by atoms with Crippen molar-refractivity contribution in [3.63, 3.8) is 0 Å². The molecule has 5 nitrogen and oxygen atoms in total. The Morgan fingerprint density at radius 1 is 1.16 bits per heavy atom. The number of nitrogens with two attached hydrogens (primary N) is 1. The van der Waals surface area contributed by atoms with Crippen molar-refractivity contribution in [2.45, 2.75) is 25.3 Å². The van der Waals surface area contributed by atoms with E-state index >= 15 is 0 Å². The zero-order valence-corrected chi connectivity index (χ0v) is 14.5. The molecule has 0 heterocycles. The number of anilines is 2. The number of rotatable bonds is 6. The predicted molar refractivity (Wildman–Crippen MR) is 100 cm³/mol. The van der Waals surface area contributed by atoms with Gasteiger partial charge in [0, 0.05) is 11.7 Å². The first-order valence-electron chi connectivity index (χ1n) is 8.72. The maximum absolute atomic E-state index is 12.8. The van der Waals surface area contributed by atoms with E-state index in [4.69, 9.17) is 10.5 Å². The summed E-state index contributed by atoms with van der Waals surface area (Å²) < 4.78 is 5.17. The van der Waals surface area contributed by atoms with Crippen molar-refractivity contribution >= 4 is 17.3 Å². The number of amides is 1. The minimum Gasteiger partial charge on any atom is -0.497 e. The van der Waals surface area contributed by atoms with Crippen LogP contribution in [0.15, 0.2) is 48.5 Å². The van der Waals surface area contributed by atoms with Crippen LogP contribution in [0, 0.1) is 5.92 Å². The van der Waals surface area contributed by atoms with Crippen LogP contribution in [-0.4, -0.2) is 25.6 Å². The van der Waals surface area contributed by atoms with Crippen LogP contribution in [0.1, 0.15) is 29.6 Å². The summed E-state index contributed by atoms with van der Waals surface area (Å²) in [4.78, 5) is 12.8. The number of carbonyl (C=O) groups is 1. The third kappa shape index (κ3) is 4.12. The molecule has 4 N–H and O–H groups in total. The number of methoxy groups -OCH3 is 1. The van der Waals surface area contributed by atoms with Crippen molar-refractivity contribution in [3.8, 4) is 5.75 Å². The average Bonchev–Trinajstić information content (AvgIpc) is 3.10. The van der Waals surface area contributed by atoms with E-state index in [1.165, 1.54) is 0 Å². The van der Waals surface area contributed by atoms with Crippen molar-refractivity contribution < 1.29 is 9.53 Å². The lowest BCUT2D eigenvalue weighted by Gasteiger charge is -2.20. The second-order valence-electron chi connectivity index (χ2n) is 6.41. The highest BCUT2D eigenvalue weighted by Gasteiger charge is 2.28. The minimum absolute atomic E-state index is 0.0537. The van der Waals surface area contributed by atoms with E-state index in [0.717, 1.165) is 36.4 Å².